The van der Waals surface area contributed by atoms with Gasteiger partial charge in [-0.25, -0.2) is 0 Å². The summed E-state index contributed by atoms with van der Waals surface area (Å²) in [6.07, 6.45) is -5.51. The number of anilines is 1. The molecule has 0 atom stereocenters. The van der Waals surface area contributed by atoms with E-state index in [1.807, 2.05) is 0 Å². The van der Waals surface area contributed by atoms with Crippen molar-refractivity contribution >= 4 is 11.6 Å². The van der Waals surface area contributed by atoms with Gasteiger partial charge in [0.15, 0.2) is 0 Å². The van der Waals surface area contributed by atoms with Crippen LogP contribution in [-0.2, 0) is 11.2 Å². The summed E-state index contributed by atoms with van der Waals surface area (Å²) in [5.74, 6) is -7.79. The molecule has 0 aliphatic heterocycles. The molecule has 1 aromatic carbocycles. The van der Waals surface area contributed by atoms with E-state index < -0.39 is 18.0 Å². The molecule has 0 aromatic heterocycles. The third kappa shape index (κ3) is 3.02. The molecule has 0 aliphatic carbocycles. The van der Waals surface area contributed by atoms with Crippen LogP contribution in [0.15, 0.2) is 18.2 Å². The molecule has 0 unspecified atom stereocenters. The molecule has 0 saturated carbocycles. The van der Waals surface area contributed by atoms with Crippen LogP contribution in [0.2, 0.25) is 0 Å². The van der Waals surface area contributed by atoms with Crippen molar-refractivity contribution in [3.8, 4) is 0 Å². The van der Waals surface area contributed by atoms with Crippen molar-refractivity contribution in [2.24, 2.45) is 0 Å². The maximum Gasteiger partial charge on any atom is 0.463 e. The van der Waals surface area contributed by atoms with E-state index in [4.69, 9.17) is 0 Å². The standard InChI is InChI=1S/C12H12F5NO/c1-3-8-6-4-5-7(2)9(8)18-10(19)11(13,14)12(15,16)17/h4-6H,3H2,1-2H3,(H,18,19). The second kappa shape index (κ2) is 5.14. The number of nitrogens with one attached hydrogen (secondary N) is 1. The molecule has 0 radical (unpaired) electrons. The lowest BCUT2D eigenvalue weighted by atomic mass is 10.1. The van der Waals surface area contributed by atoms with Crippen LogP contribution in [0.25, 0.3) is 0 Å². The van der Waals surface area contributed by atoms with Crippen LogP contribution in [0.4, 0.5) is 27.6 Å². The molecule has 1 aromatic rings. The largest absolute Gasteiger partial charge is 0.463 e. The molecule has 0 saturated heterocycles. The Morgan fingerprint density at radius 1 is 1.21 bits per heavy atom. The van der Waals surface area contributed by atoms with Crippen molar-refractivity contribution in [1.82, 2.24) is 0 Å². The van der Waals surface area contributed by atoms with Crippen LogP contribution >= 0.6 is 0 Å². The molecular weight excluding hydrogens is 269 g/mol. The summed E-state index contributed by atoms with van der Waals surface area (Å²) in [7, 11) is 0. The summed E-state index contributed by atoms with van der Waals surface area (Å²) in [5, 5.41) is 1.67. The van der Waals surface area contributed by atoms with E-state index in [9.17, 15) is 26.7 Å². The van der Waals surface area contributed by atoms with Gasteiger partial charge in [0.2, 0.25) is 0 Å². The number of carbonyl (C=O) groups is 1. The number of benzene rings is 1. The van der Waals surface area contributed by atoms with Crippen molar-refractivity contribution in [3.63, 3.8) is 0 Å². The Morgan fingerprint density at radius 2 is 1.79 bits per heavy atom. The van der Waals surface area contributed by atoms with Gasteiger partial charge in [0.05, 0.1) is 0 Å². The van der Waals surface area contributed by atoms with Gasteiger partial charge in [-0.05, 0) is 24.5 Å². The maximum absolute atomic E-state index is 12.8. The molecule has 1 rings (SSSR count). The zero-order valence-corrected chi connectivity index (χ0v) is 10.2. The Labute approximate surface area is 106 Å². The fraction of sp³-hybridized carbons (Fsp3) is 0.417. The maximum atomic E-state index is 12.8. The summed E-state index contributed by atoms with van der Waals surface area (Å²) in [6.45, 7) is 3.22. The van der Waals surface area contributed by atoms with Crippen LogP contribution < -0.4 is 5.32 Å². The first kappa shape index (κ1) is 15.4. The predicted octanol–water partition coefficient (Wildman–Crippen LogP) is 3.69. The Balaban J connectivity index is 3.08. The van der Waals surface area contributed by atoms with Gasteiger partial charge in [0, 0.05) is 5.69 Å². The molecule has 0 aliphatic rings. The van der Waals surface area contributed by atoms with Crippen molar-refractivity contribution in [3.05, 3.63) is 29.3 Å². The lowest BCUT2D eigenvalue weighted by Gasteiger charge is -2.20. The number of amides is 1. The Hall–Kier alpha value is -1.66. The molecule has 0 spiro atoms. The summed E-state index contributed by atoms with van der Waals surface area (Å²) < 4.78 is 61.9. The number of para-hydroxylation sites is 1. The second-order valence-electron chi connectivity index (χ2n) is 3.99. The first-order valence-electron chi connectivity index (χ1n) is 5.45. The normalized spacial score (nSPS) is 12.4. The van der Waals surface area contributed by atoms with Crippen molar-refractivity contribution < 1.29 is 26.7 Å². The molecule has 1 N–H and O–H groups in total. The average Bonchev–Trinajstić information content (AvgIpc) is 2.30. The molecular formula is C12H12F5NO. The summed E-state index contributed by atoms with van der Waals surface area (Å²) in [5.41, 5.74) is 0.913. The van der Waals surface area contributed by atoms with E-state index in [2.05, 4.69) is 0 Å². The monoisotopic (exact) mass is 281 g/mol. The van der Waals surface area contributed by atoms with Gasteiger partial charge in [0.25, 0.3) is 0 Å². The van der Waals surface area contributed by atoms with E-state index in [0.717, 1.165) is 0 Å². The predicted molar refractivity (Wildman–Crippen MR) is 60.2 cm³/mol. The molecule has 0 fully saturated rings. The quantitative estimate of drug-likeness (QED) is 0.841. The van der Waals surface area contributed by atoms with E-state index in [1.165, 1.54) is 13.0 Å². The number of alkyl halides is 5. The second-order valence-corrected chi connectivity index (χ2v) is 3.99. The van der Waals surface area contributed by atoms with Gasteiger partial charge in [-0.15, -0.1) is 0 Å². The van der Waals surface area contributed by atoms with Gasteiger partial charge >= 0.3 is 18.0 Å². The number of carbonyl (C=O) groups excluding carboxylic acids is 1. The Kier molecular flexibility index (Phi) is 4.17. The molecule has 0 heterocycles. The SMILES string of the molecule is CCc1cccc(C)c1NC(=O)C(F)(F)C(F)(F)F. The minimum absolute atomic E-state index is 0.000995. The van der Waals surface area contributed by atoms with Gasteiger partial charge in [-0.1, -0.05) is 25.1 Å². The Bertz CT molecular complexity index is 481. The molecule has 1 amide bonds. The Morgan fingerprint density at radius 3 is 2.26 bits per heavy atom. The number of hydrogen-bond donors (Lipinski definition) is 1. The van der Waals surface area contributed by atoms with Crippen molar-refractivity contribution in [1.29, 1.82) is 0 Å². The van der Waals surface area contributed by atoms with E-state index in [1.54, 1.807) is 24.4 Å². The lowest BCUT2D eigenvalue weighted by molar-refractivity contribution is -0.267. The number of rotatable bonds is 3. The number of aryl methyl sites for hydroxylation is 2. The van der Waals surface area contributed by atoms with Crippen LogP contribution in [0, 0.1) is 6.92 Å². The lowest BCUT2D eigenvalue weighted by Crippen LogP contribution is -2.47. The van der Waals surface area contributed by atoms with E-state index in [0.29, 0.717) is 17.5 Å². The topological polar surface area (TPSA) is 29.1 Å². The van der Waals surface area contributed by atoms with Crippen LogP contribution in [0.5, 0.6) is 0 Å². The number of hydrogen-bond acceptors (Lipinski definition) is 1. The zero-order chi connectivity index (χ0) is 14.8. The highest BCUT2D eigenvalue weighted by atomic mass is 19.4. The zero-order valence-electron chi connectivity index (χ0n) is 10.2. The minimum Gasteiger partial charge on any atom is -0.320 e. The third-order valence-corrected chi connectivity index (χ3v) is 2.62. The minimum atomic E-state index is -5.91. The van der Waals surface area contributed by atoms with Crippen molar-refractivity contribution in [2.45, 2.75) is 32.4 Å². The highest BCUT2D eigenvalue weighted by Crippen LogP contribution is 2.36. The molecule has 7 heteroatoms. The van der Waals surface area contributed by atoms with Gasteiger partial charge < -0.3 is 5.32 Å². The highest BCUT2D eigenvalue weighted by molar-refractivity contribution is 5.97. The van der Waals surface area contributed by atoms with Gasteiger partial charge in [0.1, 0.15) is 0 Å². The summed E-state index contributed by atoms with van der Waals surface area (Å²) in [4.78, 5) is 11.1. The van der Waals surface area contributed by atoms with Gasteiger partial charge in [-0.3, -0.25) is 4.79 Å². The summed E-state index contributed by atoms with van der Waals surface area (Å²) >= 11 is 0. The van der Waals surface area contributed by atoms with Crippen LogP contribution in [-0.4, -0.2) is 18.0 Å². The van der Waals surface area contributed by atoms with Crippen molar-refractivity contribution in [2.75, 3.05) is 5.32 Å². The first-order valence-corrected chi connectivity index (χ1v) is 5.45. The molecule has 19 heavy (non-hydrogen) atoms. The number of halogens is 5. The molecule has 0 bridgehead atoms. The fourth-order valence-electron chi connectivity index (χ4n) is 1.52. The fourth-order valence-corrected chi connectivity index (χ4v) is 1.52. The average molecular weight is 281 g/mol. The van der Waals surface area contributed by atoms with Crippen LogP contribution in [0.1, 0.15) is 18.1 Å². The molecule has 2 nitrogen and oxygen atoms in total. The molecule has 106 valence electrons. The smallest absolute Gasteiger partial charge is 0.320 e. The van der Waals surface area contributed by atoms with Gasteiger partial charge in [-0.2, -0.15) is 22.0 Å². The van der Waals surface area contributed by atoms with E-state index >= 15 is 0 Å². The van der Waals surface area contributed by atoms with Crippen LogP contribution in [0.3, 0.4) is 0 Å². The third-order valence-electron chi connectivity index (χ3n) is 2.62. The van der Waals surface area contributed by atoms with E-state index in [-0.39, 0.29) is 5.69 Å². The highest BCUT2D eigenvalue weighted by Gasteiger charge is 2.63. The first-order chi connectivity index (χ1) is 8.61. The summed E-state index contributed by atoms with van der Waals surface area (Å²) in [6, 6.07) is 4.70.